The smallest absolute Gasteiger partial charge is 0.358 e. The first-order valence-electron chi connectivity index (χ1n) is 14.8. The van der Waals surface area contributed by atoms with Crippen LogP contribution in [0.3, 0.4) is 0 Å². The highest BCUT2D eigenvalue weighted by Crippen LogP contribution is 2.49. The highest BCUT2D eigenvalue weighted by Gasteiger charge is 2.42. The fourth-order valence-electron chi connectivity index (χ4n) is 6.04. The van der Waals surface area contributed by atoms with Gasteiger partial charge in [-0.25, -0.2) is 9.78 Å². The topological polar surface area (TPSA) is 114 Å². The molecule has 0 saturated carbocycles. The van der Waals surface area contributed by atoms with Crippen LogP contribution in [0.25, 0.3) is 11.2 Å². The van der Waals surface area contributed by atoms with Crippen molar-refractivity contribution in [3.63, 3.8) is 0 Å². The Kier molecular flexibility index (Phi) is 7.40. The summed E-state index contributed by atoms with van der Waals surface area (Å²) < 4.78 is 25.7. The number of fused-ring (bicyclic) bond motifs is 2. The van der Waals surface area contributed by atoms with Crippen LogP contribution in [-0.2, 0) is 28.4 Å². The molecule has 224 valence electrons. The molecule has 4 aromatic rings. The van der Waals surface area contributed by atoms with Crippen LogP contribution >= 0.6 is 11.6 Å². The molecule has 3 aromatic heterocycles. The molecule has 1 aromatic carbocycles. The van der Waals surface area contributed by atoms with Gasteiger partial charge in [0.15, 0.2) is 22.8 Å². The lowest BCUT2D eigenvalue weighted by Gasteiger charge is -2.33. The van der Waals surface area contributed by atoms with Crippen LogP contribution in [0.1, 0.15) is 66.6 Å². The van der Waals surface area contributed by atoms with Gasteiger partial charge in [0.2, 0.25) is 0 Å². The first-order chi connectivity index (χ1) is 20.9. The van der Waals surface area contributed by atoms with Crippen molar-refractivity contribution in [3.05, 3.63) is 70.4 Å². The highest BCUT2D eigenvalue weighted by atomic mass is 35.5. The van der Waals surface area contributed by atoms with Gasteiger partial charge >= 0.3 is 5.97 Å². The fourth-order valence-corrected chi connectivity index (χ4v) is 6.15. The number of likely N-dealkylation sites (tertiary alicyclic amines) is 1. The molecule has 0 bridgehead atoms. The Balaban J connectivity index is 1.07. The summed E-state index contributed by atoms with van der Waals surface area (Å²) in [4.78, 5) is 24.0. The number of hydrogen-bond donors (Lipinski definition) is 0. The van der Waals surface area contributed by atoms with Gasteiger partial charge in [0.05, 0.1) is 30.8 Å². The molecule has 2 atom stereocenters. The van der Waals surface area contributed by atoms with E-state index in [4.69, 9.17) is 35.5 Å². The maximum absolute atomic E-state index is 12.3. The average molecular weight is 605 g/mol. The van der Waals surface area contributed by atoms with E-state index in [1.807, 2.05) is 25.1 Å². The van der Waals surface area contributed by atoms with Crippen LogP contribution < -0.4 is 9.47 Å². The van der Waals surface area contributed by atoms with Crippen molar-refractivity contribution in [1.29, 1.82) is 0 Å². The van der Waals surface area contributed by atoms with E-state index in [9.17, 15) is 4.79 Å². The molecule has 3 aliphatic rings. The van der Waals surface area contributed by atoms with E-state index in [0.717, 1.165) is 61.8 Å². The van der Waals surface area contributed by atoms with Gasteiger partial charge in [-0.05, 0) is 63.4 Å². The molecule has 0 aliphatic carbocycles. The van der Waals surface area contributed by atoms with E-state index >= 15 is 0 Å². The third-order valence-corrected chi connectivity index (χ3v) is 8.66. The molecule has 2 fully saturated rings. The zero-order chi connectivity index (χ0) is 29.6. The molecule has 12 heteroatoms. The maximum atomic E-state index is 12.3. The van der Waals surface area contributed by atoms with Gasteiger partial charge in [0, 0.05) is 31.4 Å². The molecule has 0 amide bonds. The molecule has 3 aliphatic heterocycles. The summed E-state index contributed by atoms with van der Waals surface area (Å²) in [6.07, 6.45) is 4.67. The van der Waals surface area contributed by atoms with E-state index in [0.29, 0.717) is 40.9 Å². The number of carbonyl (C=O) groups excluding carboxylic acids is 1. The number of nitrogens with zero attached hydrogens (tertiary/aromatic N) is 6. The molecule has 0 N–H and O–H groups in total. The number of para-hydroxylation sites is 1. The molecule has 11 nitrogen and oxygen atoms in total. The third kappa shape index (κ3) is 5.41. The van der Waals surface area contributed by atoms with Crippen molar-refractivity contribution in [2.24, 2.45) is 0 Å². The van der Waals surface area contributed by atoms with Gasteiger partial charge in [-0.1, -0.05) is 23.7 Å². The minimum absolute atomic E-state index is 0.129. The average Bonchev–Trinajstić information content (AvgIpc) is 3.52. The number of ether oxygens (including phenoxy) is 4. The van der Waals surface area contributed by atoms with Gasteiger partial charge < -0.3 is 23.5 Å². The minimum atomic E-state index is -1.01. The van der Waals surface area contributed by atoms with E-state index in [1.165, 1.54) is 0 Å². The van der Waals surface area contributed by atoms with Crippen molar-refractivity contribution in [2.45, 2.75) is 64.0 Å². The fraction of sp³-hybridized carbons (Fsp3) is 0.452. The molecule has 7 rings (SSSR count). The largest absolute Gasteiger partial charge is 0.461 e. The number of esters is 1. The molecule has 0 radical (unpaired) electrons. The highest BCUT2D eigenvalue weighted by molar-refractivity contribution is 6.30. The Bertz CT molecular complexity index is 1650. The first-order valence-corrected chi connectivity index (χ1v) is 15.1. The van der Waals surface area contributed by atoms with Crippen molar-refractivity contribution in [1.82, 2.24) is 29.6 Å². The number of halogens is 1. The lowest BCUT2D eigenvalue weighted by molar-refractivity contribution is -0.0722. The summed E-state index contributed by atoms with van der Waals surface area (Å²) in [5, 5.41) is 9.07. The van der Waals surface area contributed by atoms with Crippen molar-refractivity contribution < 1.29 is 23.7 Å². The Morgan fingerprint density at radius 2 is 1.98 bits per heavy atom. The van der Waals surface area contributed by atoms with Gasteiger partial charge in [0.25, 0.3) is 5.79 Å². The van der Waals surface area contributed by atoms with Crippen LogP contribution in [0.5, 0.6) is 11.5 Å². The predicted molar refractivity (Wildman–Crippen MR) is 157 cm³/mol. The van der Waals surface area contributed by atoms with Crippen molar-refractivity contribution in [2.75, 3.05) is 26.3 Å². The minimum Gasteiger partial charge on any atom is -0.461 e. The molecular formula is C31H33ClN6O5. The SMILES string of the molecule is CCOC(=O)c1cc2nc(CN3CCC(c4cccc5c4O[C@@](C)(c4ccc(Cl)cn4)O5)CC3)n(C[C@@H]3CCO3)c2nn1. The quantitative estimate of drug-likeness (QED) is 0.258. The summed E-state index contributed by atoms with van der Waals surface area (Å²) in [5.41, 5.74) is 3.28. The Hall–Kier alpha value is -3.80. The van der Waals surface area contributed by atoms with Crippen LogP contribution in [0, 0.1) is 0 Å². The molecule has 6 heterocycles. The summed E-state index contributed by atoms with van der Waals surface area (Å²) in [6, 6.07) is 11.4. The Morgan fingerprint density at radius 1 is 1.14 bits per heavy atom. The number of piperidine rings is 1. The van der Waals surface area contributed by atoms with Crippen molar-refractivity contribution in [3.8, 4) is 11.5 Å². The van der Waals surface area contributed by atoms with Gasteiger partial charge in [0.1, 0.15) is 17.0 Å². The van der Waals surface area contributed by atoms with E-state index in [2.05, 4.69) is 30.7 Å². The zero-order valence-corrected chi connectivity index (χ0v) is 24.9. The van der Waals surface area contributed by atoms with Crippen LogP contribution in [-0.4, -0.2) is 68.0 Å². The number of hydrogen-bond acceptors (Lipinski definition) is 10. The van der Waals surface area contributed by atoms with Gasteiger partial charge in [-0.3, -0.25) is 9.88 Å². The second-order valence-corrected chi connectivity index (χ2v) is 11.8. The summed E-state index contributed by atoms with van der Waals surface area (Å²) in [5.74, 6) is 1.23. The third-order valence-electron chi connectivity index (χ3n) is 8.43. The standard InChI is InChI=1S/C31H33ClN6O5/c1-3-40-30(39)24-15-23-29(36-35-24)38(17-21-11-14-41-21)27(34-23)18-37-12-9-19(10-13-37)22-5-4-6-25-28(22)43-31(2,42-25)26-8-7-20(32)16-33-26/h4-8,15-16,19,21H,3,9-14,17-18H2,1-2H3/t21-,31-/m0/s1. The molecular weight excluding hydrogens is 572 g/mol. The van der Waals surface area contributed by atoms with Crippen molar-refractivity contribution >= 4 is 28.7 Å². The predicted octanol–water partition coefficient (Wildman–Crippen LogP) is 4.86. The number of imidazole rings is 1. The van der Waals surface area contributed by atoms with E-state index in [-0.39, 0.29) is 18.4 Å². The number of carbonyl (C=O) groups is 1. The summed E-state index contributed by atoms with van der Waals surface area (Å²) in [6.45, 7) is 7.81. The lowest BCUT2D eigenvalue weighted by atomic mass is 9.88. The maximum Gasteiger partial charge on any atom is 0.358 e. The zero-order valence-electron chi connectivity index (χ0n) is 24.2. The number of benzene rings is 1. The first kappa shape index (κ1) is 28.0. The van der Waals surface area contributed by atoms with E-state index < -0.39 is 11.8 Å². The Labute approximate surface area is 254 Å². The van der Waals surface area contributed by atoms with Crippen LogP contribution in [0.2, 0.25) is 5.02 Å². The Morgan fingerprint density at radius 3 is 2.70 bits per heavy atom. The second kappa shape index (κ2) is 11.4. The number of pyridine rings is 1. The van der Waals surface area contributed by atoms with Gasteiger partial charge in [-0.15, -0.1) is 10.2 Å². The van der Waals surface area contributed by atoms with Gasteiger partial charge in [-0.2, -0.15) is 0 Å². The molecule has 2 saturated heterocycles. The molecule has 43 heavy (non-hydrogen) atoms. The monoisotopic (exact) mass is 604 g/mol. The lowest BCUT2D eigenvalue weighted by Crippen LogP contribution is -2.35. The second-order valence-electron chi connectivity index (χ2n) is 11.3. The molecule has 0 spiro atoms. The normalized spacial score (nSPS) is 22.1. The van der Waals surface area contributed by atoms with E-state index in [1.54, 1.807) is 25.3 Å². The van der Waals surface area contributed by atoms with Crippen LogP contribution in [0.4, 0.5) is 0 Å². The molecule has 0 unspecified atom stereocenters. The van der Waals surface area contributed by atoms with Crippen LogP contribution in [0.15, 0.2) is 42.6 Å². The number of rotatable bonds is 8. The number of aromatic nitrogens is 5. The summed E-state index contributed by atoms with van der Waals surface area (Å²) >= 11 is 6.05. The summed E-state index contributed by atoms with van der Waals surface area (Å²) in [7, 11) is 0.